The molecule has 2 amide bonds. The third-order valence-corrected chi connectivity index (χ3v) is 6.51. The number of rotatable bonds is 7. The molecule has 13 heteroatoms. The number of hydrogen-bond acceptors (Lipinski definition) is 8. The molecule has 0 saturated heterocycles. The second kappa shape index (κ2) is 11.8. The van der Waals surface area contributed by atoms with Crippen LogP contribution in [0.1, 0.15) is 27.4 Å². The fourth-order valence-corrected chi connectivity index (χ4v) is 4.58. The van der Waals surface area contributed by atoms with E-state index in [0.717, 1.165) is 37.1 Å². The van der Waals surface area contributed by atoms with E-state index in [1.54, 1.807) is 0 Å². The Hall–Kier alpha value is -4.31. The van der Waals surface area contributed by atoms with Crippen LogP contribution >= 0.6 is 11.8 Å². The summed E-state index contributed by atoms with van der Waals surface area (Å²) in [5.74, 6) is -5.87. The van der Waals surface area contributed by atoms with E-state index in [1.807, 2.05) is 6.07 Å². The Morgan fingerprint density at radius 1 is 1.11 bits per heavy atom. The zero-order valence-electron chi connectivity index (χ0n) is 19.9. The first-order valence-corrected chi connectivity index (χ1v) is 11.8. The van der Waals surface area contributed by atoms with Crippen LogP contribution in [0.15, 0.2) is 59.1 Å². The lowest BCUT2D eigenvalue weighted by molar-refractivity contribution is -0.150. The number of halogens is 3. The number of hydrogen-bond donors (Lipinski definition) is 2. The highest BCUT2D eigenvalue weighted by Crippen LogP contribution is 2.40. The molecule has 1 aliphatic rings. The number of alkyl halides is 3. The number of anilines is 1. The molecule has 0 spiro atoms. The van der Waals surface area contributed by atoms with Crippen molar-refractivity contribution in [3.05, 3.63) is 75.8 Å². The average Bonchev–Trinajstić information content (AvgIpc) is 2.90. The summed E-state index contributed by atoms with van der Waals surface area (Å²) in [7, 11) is 2.30. The molecule has 2 aromatic rings. The van der Waals surface area contributed by atoms with Gasteiger partial charge in [-0.15, -0.1) is 0 Å². The molecule has 2 N–H and O–H groups in total. The van der Waals surface area contributed by atoms with Gasteiger partial charge in [-0.3, -0.25) is 14.4 Å². The van der Waals surface area contributed by atoms with Gasteiger partial charge in [-0.05, 0) is 35.9 Å². The van der Waals surface area contributed by atoms with Gasteiger partial charge in [-0.25, -0.2) is 4.79 Å². The first-order valence-electron chi connectivity index (χ1n) is 10.8. The second-order valence-corrected chi connectivity index (χ2v) is 8.84. The van der Waals surface area contributed by atoms with Gasteiger partial charge in [0.2, 0.25) is 11.8 Å². The summed E-state index contributed by atoms with van der Waals surface area (Å²) in [6.45, 7) is 0. The number of ether oxygens (including phenoxy) is 2. The Balaban J connectivity index is 1.88. The average molecular weight is 548 g/mol. The molecule has 1 aliphatic heterocycles. The van der Waals surface area contributed by atoms with Crippen LogP contribution in [0.5, 0.6) is 0 Å². The fraction of sp³-hybridized carbons (Fsp3) is 0.240. The molecule has 198 valence electrons. The molecule has 0 aromatic heterocycles. The molecule has 0 unspecified atom stereocenters. The van der Waals surface area contributed by atoms with Crippen LogP contribution < -0.4 is 10.6 Å². The molecule has 2 aromatic carbocycles. The van der Waals surface area contributed by atoms with Crippen molar-refractivity contribution >= 4 is 41.2 Å². The highest BCUT2D eigenvalue weighted by molar-refractivity contribution is 8.03. The molecule has 0 saturated carbocycles. The molecule has 2 atom stereocenters. The smallest absolute Gasteiger partial charge is 0.416 e. The van der Waals surface area contributed by atoms with Gasteiger partial charge in [0.1, 0.15) is 5.92 Å². The Morgan fingerprint density at radius 3 is 2.37 bits per heavy atom. The summed E-state index contributed by atoms with van der Waals surface area (Å²) in [5.41, 5.74) is -0.503. The monoisotopic (exact) mass is 547 g/mol. The van der Waals surface area contributed by atoms with Crippen molar-refractivity contribution in [2.75, 3.05) is 25.3 Å². The zero-order valence-corrected chi connectivity index (χ0v) is 20.7. The first-order chi connectivity index (χ1) is 18.0. The van der Waals surface area contributed by atoms with Crippen LogP contribution in [-0.2, 0) is 30.0 Å². The number of esters is 2. The number of allylic oxidation sites excluding steroid dienone is 1. The van der Waals surface area contributed by atoms with E-state index in [1.165, 1.54) is 37.4 Å². The summed E-state index contributed by atoms with van der Waals surface area (Å²) in [5, 5.41) is 14.7. The van der Waals surface area contributed by atoms with E-state index in [0.29, 0.717) is 5.56 Å². The Kier molecular flexibility index (Phi) is 8.80. The van der Waals surface area contributed by atoms with Crippen molar-refractivity contribution in [3.8, 4) is 6.07 Å². The van der Waals surface area contributed by atoms with Crippen molar-refractivity contribution < 1.29 is 41.8 Å². The Bertz CT molecular complexity index is 1340. The molecule has 9 nitrogen and oxygen atoms in total. The summed E-state index contributed by atoms with van der Waals surface area (Å²) in [6, 6.07) is 11.8. The van der Waals surface area contributed by atoms with Crippen LogP contribution in [0.2, 0.25) is 0 Å². The fourth-order valence-electron chi connectivity index (χ4n) is 3.73. The van der Waals surface area contributed by atoms with E-state index >= 15 is 0 Å². The molecular weight excluding hydrogens is 527 g/mol. The minimum absolute atomic E-state index is 0.00103. The second-order valence-electron chi connectivity index (χ2n) is 7.85. The maximum atomic E-state index is 12.9. The predicted octanol–water partition coefficient (Wildman–Crippen LogP) is 3.60. The van der Waals surface area contributed by atoms with Gasteiger partial charge in [0, 0.05) is 11.6 Å². The van der Waals surface area contributed by atoms with Gasteiger partial charge in [-0.1, -0.05) is 30.0 Å². The Labute approximate surface area is 219 Å². The van der Waals surface area contributed by atoms with Gasteiger partial charge < -0.3 is 20.1 Å². The van der Waals surface area contributed by atoms with Crippen LogP contribution in [0.3, 0.4) is 0 Å². The van der Waals surface area contributed by atoms with Crippen LogP contribution in [0.4, 0.5) is 18.9 Å². The number of benzene rings is 2. The van der Waals surface area contributed by atoms with Gasteiger partial charge >= 0.3 is 18.1 Å². The van der Waals surface area contributed by atoms with Crippen molar-refractivity contribution in [2.45, 2.75) is 12.1 Å². The standard InChI is InChI=1S/C25H20F3N3O6S/c1-36-23(34)14-8-6-13(7-9-14)19-17(11-29)22(31-21(33)20(19)24(35)37-2)38-12-18(32)30-16-5-3-4-15(10-16)25(26,27)28/h3-10,19-20H,12H2,1-2H3,(H,30,32)(H,31,33)/t19-,20-/m1/s1. The maximum absolute atomic E-state index is 12.9. The minimum atomic E-state index is -4.59. The van der Waals surface area contributed by atoms with E-state index in [4.69, 9.17) is 4.74 Å². The zero-order chi connectivity index (χ0) is 28.0. The first kappa shape index (κ1) is 28.3. The van der Waals surface area contributed by atoms with Crippen molar-refractivity contribution in [2.24, 2.45) is 5.92 Å². The normalized spacial score (nSPS) is 17.2. The Morgan fingerprint density at radius 2 is 1.79 bits per heavy atom. The van der Waals surface area contributed by atoms with E-state index in [-0.39, 0.29) is 27.6 Å². The third kappa shape index (κ3) is 6.33. The molecule has 3 rings (SSSR count). The number of carbonyl (C=O) groups excluding carboxylic acids is 4. The van der Waals surface area contributed by atoms with Gasteiger partial charge in [0.25, 0.3) is 0 Å². The summed E-state index contributed by atoms with van der Waals surface area (Å²) < 4.78 is 48.2. The molecule has 0 fully saturated rings. The number of methoxy groups -OCH3 is 2. The number of carbonyl (C=O) groups is 4. The highest BCUT2D eigenvalue weighted by Gasteiger charge is 2.44. The maximum Gasteiger partial charge on any atom is 0.416 e. The van der Waals surface area contributed by atoms with Crippen molar-refractivity contribution in [1.82, 2.24) is 5.32 Å². The van der Waals surface area contributed by atoms with Crippen molar-refractivity contribution in [3.63, 3.8) is 0 Å². The molecular formula is C25H20F3N3O6S. The molecule has 38 heavy (non-hydrogen) atoms. The van der Waals surface area contributed by atoms with Crippen molar-refractivity contribution in [1.29, 1.82) is 5.26 Å². The number of nitrogens with zero attached hydrogens (tertiary/aromatic N) is 1. The number of amides is 2. The number of nitrogens with one attached hydrogen (secondary N) is 2. The summed E-state index contributed by atoms with van der Waals surface area (Å²) >= 11 is 0.767. The predicted molar refractivity (Wildman–Crippen MR) is 129 cm³/mol. The van der Waals surface area contributed by atoms with Crippen LogP contribution in [-0.4, -0.2) is 43.7 Å². The number of nitriles is 1. The topological polar surface area (TPSA) is 135 Å². The number of thioether (sulfide) groups is 1. The molecule has 0 aliphatic carbocycles. The molecule has 0 radical (unpaired) electrons. The highest BCUT2D eigenvalue weighted by atomic mass is 32.2. The molecule has 0 bridgehead atoms. The SMILES string of the molecule is COC(=O)c1ccc([C@@H]2C(C#N)=C(SCC(=O)Nc3cccc(C(F)(F)F)c3)NC(=O)[C@@H]2C(=O)OC)cc1. The lowest BCUT2D eigenvalue weighted by Crippen LogP contribution is -2.44. The lowest BCUT2D eigenvalue weighted by atomic mass is 9.78. The van der Waals surface area contributed by atoms with Gasteiger partial charge in [0.15, 0.2) is 0 Å². The largest absolute Gasteiger partial charge is 0.468 e. The molecule has 1 heterocycles. The lowest BCUT2D eigenvalue weighted by Gasteiger charge is -2.31. The van der Waals surface area contributed by atoms with Crippen LogP contribution in [0.25, 0.3) is 0 Å². The third-order valence-electron chi connectivity index (χ3n) is 5.50. The summed E-state index contributed by atoms with van der Waals surface area (Å²) in [4.78, 5) is 49.6. The quantitative estimate of drug-likeness (QED) is 0.397. The minimum Gasteiger partial charge on any atom is -0.468 e. The van der Waals surface area contributed by atoms with E-state index in [9.17, 15) is 37.6 Å². The van der Waals surface area contributed by atoms with Gasteiger partial charge in [0.05, 0.1) is 47.8 Å². The summed E-state index contributed by atoms with van der Waals surface area (Å²) in [6.07, 6.45) is -4.59. The van der Waals surface area contributed by atoms with E-state index < -0.39 is 47.3 Å². The van der Waals surface area contributed by atoms with E-state index in [2.05, 4.69) is 15.4 Å². The van der Waals surface area contributed by atoms with Gasteiger partial charge in [-0.2, -0.15) is 18.4 Å². The van der Waals surface area contributed by atoms with Crippen LogP contribution in [0, 0.1) is 17.2 Å².